The lowest BCUT2D eigenvalue weighted by atomic mass is 10.2. The van der Waals surface area contributed by atoms with E-state index in [9.17, 15) is 0 Å². The SMILES string of the molecule is CCNC(=S)N1CCC(CC)=N1. The topological polar surface area (TPSA) is 27.6 Å². The average molecular weight is 185 g/mol. The number of hydrazone groups is 1. The molecule has 1 rings (SSSR count). The molecule has 0 aliphatic carbocycles. The quantitative estimate of drug-likeness (QED) is 0.658. The maximum absolute atomic E-state index is 5.12. The minimum absolute atomic E-state index is 0.751. The fraction of sp³-hybridized carbons (Fsp3) is 0.750. The van der Waals surface area contributed by atoms with Gasteiger partial charge in [-0.05, 0) is 25.6 Å². The standard InChI is InChI=1S/C8H15N3S/c1-3-7-5-6-11(10-7)8(12)9-4-2/h3-6H2,1-2H3,(H,9,12). The van der Waals surface area contributed by atoms with Crippen LogP contribution in [0.2, 0.25) is 0 Å². The lowest BCUT2D eigenvalue weighted by Gasteiger charge is -2.14. The Kier molecular flexibility index (Phi) is 3.47. The minimum Gasteiger partial charge on any atom is -0.361 e. The molecular weight excluding hydrogens is 170 g/mol. The molecule has 0 fully saturated rings. The van der Waals surface area contributed by atoms with Crippen LogP contribution in [0, 0.1) is 0 Å². The zero-order valence-corrected chi connectivity index (χ0v) is 8.45. The first-order valence-electron chi connectivity index (χ1n) is 4.39. The van der Waals surface area contributed by atoms with E-state index in [0.717, 1.165) is 31.0 Å². The fourth-order valence-electron chi connectivity index (χ4n) is 1.14. The van der Waals surface area contributed by atoms with E-state index in [0.29, 0.717) is 0 Å². The molecule has 1 N–H and O–H groups in total. The van der Waals surface area contributed by atoms with Gasteiger partial charge in [0.25, 0.3) is 0 Å². The first-order valence-corrected chi connectivity index (χ1v) is 4.80. The van der Waals surface area contributed by atoms with Crippen molar-refractivity contribution in [1.82, 2.24) is 10.3 Å². The molecule has 0 aromatic carbocycles. The van der Waals surface area contributed by atoms with Crippen molar-refractivity contribution in [2.75, 3.05) is 13.1 Å². The molecule has 0 spiro atoms. The summed E-state index contributed by atoms with van der Waals surface area (Å²) >= 11 is 5.12. The second-order valence-corrected chi connectivity index (χ2v) is 3.12. The van der Waals surface area contributed by atoms with Crippen molar-refractivity contribution in [3.05, 3.63) is 0 Å². The Morgan fingerprint density at radius 3 is 2.92 bits per heavy atom. The second-order valence-electron chi connectivity index (χ2n) is 2.73. The predicted octanol–water partition coefficient (Wildman–Crippen LogP) is 1.35. The van der Waals surface area contributed by atoms with Gasteiger partial charge in [-0.15, -0.1) is 0 Å². The van der Waals surface area contributed by atoms with Crippen molar-refractivity contribution >= 4 is 23.0 Å². The molecule has 1 heterocycles. The maximum atomic E-state index is 5.12. The molecular formula is C8H15N3S. The molecule has 0 saturated heterocycles. The van der Waals surface area contributed by atoms with E-state index in [1.807, 2.05) is 11.9 Å². The number of thiocarbonyl (C=S) groups is 1. The Labute approximate surface area is 78.8 Å². The smallest absolute Gasteiger partial charge is 0.189 e. The van der Waals surface area contributed by atoms with Crippen LogP contribution in [0.15, 0.2) is 5.10 Å². The van der Waals surface area contributed by atoms with Crippen LogP contribution in [-0.2, 0) is 0 Å². The Morgan fingerprint density at radius 1 is 1.67 bits per heavy atom. The number of nitrogens with one attached hydrogen (secondary N) is 1. The summed E-state index contributed by atoms with van der Waals surface area (Å²) < 4.78 is 0. The Bertz CT molecular complexity index is 200. The summed E-state index contributed by atoms with van der Waals surface area (Å²) in [7, 11) is 0. The normalized spacial score (nSPS) is 16.2. The second kappa shape index (κ2) is 4.40. The van der Waals surface area contributed by atoms with Gasteiger partial charge in [-0.25, -0.2) is 5.01 Å². The monoisotopic (exact) mass is 185 g/mol. The third-order valence-corrected chi connectivity index (χ3v) is 2.20. The molecule has 4 heteroatoms. The summed E-state index contributed by atoms with van der Waals surface area (Å²) in [6.45, 7) is 5.97. The van der Waals surface area contributed by atoms with Crippen LogP contribution in [0.4, 0.5) is 0 Å². The van der Waals surface area contributed by atoms with Gasteiger partial charge in [0, 0.05) is 25.2 Å². The van der Waals surface area contributed by atoms with Crippen molar-refractivity contribution in [1.29, 1.82) is 0 Å². The third-order valence-electron chi connectivity index (χ3n) is 1.84. The highest BCUT2D eigenvalue weighted by Gasteiger charge is 2.15. The number of hydrogen-bond acceptors (Lipinski definition) is 2. The Hall–Kier alpha value is -0.640. The molecule has 1 aliphatic heterocycles. The highest BCUT2D eigenvalue weighted by molar-refractivity contribution is 7.80. The zero-order valence-electron chi connectivity index (χ0n) is 7.63. The molecule has 3 nitrogen and oxygen atoms in total. The van der Waals surface area contributed by atoms with E-state index in [1.54, 1.807) is 0 Å². The summed E-state index contributed by atoms with van der Waals surface area (Å²) in [6, 6.07) is 0. The van der Waals surface area contributed by atoms with Gasteiger partial charge < -0.3 is 5.32 Å². The van der Waals surface area contributed by atoms with E-state index in [4.69, 9.17) is 12.2 Å². The van der Waals surface area contributed by atoms with Crippen LogP contribution >= 0.6 is 12.2 Å². The lowest BCUT2D eigenvalue weighted by molar-refractivity contribution is 0.481. The molecule has 0 aromatic heterocycles. The molecule has 68 valence electrons. The maximum Gasteiger partial charge on any atom is 0.189 e. The average Bonchev–Trinajstić information content (AvgIpc) is 2.52. The van der Waals surface area contributed by atoms with Crippen LogP contribution in [0.25, 0.3) is 0 Å². The van der Waals surface area contributed by atoms with Gasteiger partial charge in [0.05, 0.1) is 0 Å². The minimum atomic E-state index is 0.751. The van der Waals surface area contributed by atoms with Crippen LogP contribution in [0.3, 0.4) is 0 Å². The van der Waals surface area contributed by atoms with Gasteiger partial charge in [0.1, 0.15) is 0 Å². The Balaban J connectivity index is 2.45. The summed E-state index contributed by atoms with van der Waals surface area (Å²) in [5.41, 5.74) is 1.25. The lowest BCUT2D eigenvalue weighted by Crippen LogP contribution is -2.34. The van der Waals surface area contributed by atoms with Crippen LogP contribution in [0.1, 0.15) is 26.7 Å². The van der Waals surface area contributed by atoms with Gasteiger partial charge in [0.15, 0.2) is 5.11 Å². The van der Waals surface area contributed by atoms with Crippen molar-refractivity contribution in [3.8, 4) is 0 Å². The van der Waals surface area contributed by atoms with Gasteiger partial charge in [-0.3, -0.25) is 0 Å². The van der Waals surface area contributed by atoms with E-state index in [-0.39, 0.29) is 0 Å². The third kappa shape index (κ3) is 2.17. The van der Waals surface area contributed by atoms with Crippen LogP contribution in [-0.4, -0.2) is 28.9 Å². The van der Waals surface area contributed by atoms with Gasteiger partial charge in [-0.1, -0.05) is 6.92 Å². The molecule has 1 aliphatic rings. The molecule has 12 heavy (non-hydrogen) atoms. The summed E-state index contributed by atoms with van der Waals surface area (Å²) in [6.07, 6.45) is 2.09. The first kappa shape index (κ1) is 9.45. The van der Waals surface area contributed by atoms with Crippen molar-refractivity contribution in [2.45, 2.75) is 26.7 Å². The fourth-order valence-corrected chi connectivity index (χ4v) is 1.42. The molecule has 0 bridgehead atoms. The van der Waals surface area contributed by atoms with Crippen molar-refractivity contribution < 1.29 is 0 Å². The molecule has 0 amide bonds. The summed E-state index contributed by atoms with van der Waals surface area (Å²) in [5, 5.41) is 10.1. The number of nitrogens with zero attached hydrogens (tertiary/aromatic N) is 2. The van der Waals surface area contributed by atoms with E-state index in [2.05, 4.69) is 17.3 Å². The van der Waals surface area contributed by atoms with Crippen molar-refractivity contribution in [3.63, 3.8) is 0 Å². The van der Waals surface area contributed by atoms with Crippen LogP contribution in [0.5, 0.6) is 0 Å². The van der Waals surface area contributed by atoms with E-state index in [1.165, 1.54) is 5.71 Å². The zero-order chi connectivity index (χ0) is 8.97. The van der Waals surface area contributed by atoms with Gasteiger partial charge in [-0.2, -0.15) is 5.10 Å². The highest BCUT2D eigenvalue weighted by atomic mass is 32.1. The number of rotatable bonds is 2. The largest absolute Gasteiger partial charge is 0.361 e. The van der Waals surface area contributed by atoms with Gasteiger partial charge >= 0.3 is 0 Å². The van der Waals surface area contributed by atoms with Crippen LogP contribution < -0.4 is 5.32 Å². The van der Waals surface area contributed by atoms with E-state index >= 15 is 0 Å². The predicted molar refractivity (Wildman–Crippen MR) is 55.3 cm³/mol. The molecule has 0 atom stereocenters. The molecule has 0 unspecified atom stereocenters. The number of hydrogen-bond donors (Lipinski definition) is 1. The first-order chi connectivity index (χ1) is 5.77. The van der Waals surface area contributed by atoms with Crippen molar-refractivity contribution in [2.24, 2.45) is 5.10 Å². The highest BCUT2D eigenvalue weighted by Crippen LogP contribution is 2.08. The molecule has 0 aromatic rings. The molecule has 0 radical (unpaired) electrons. The summed E-state index contributed by atoms with van der Waals surface area (Å²) in [4.78, 5) is 0. The Morgan fingerprint density at radius 2 is 2.42 bits per heavy atom. The summed E-state index contributed by atoms with van der Waals surface area (Å²) in [5.74, 6) is 0. The van der Waals surface area contributed by atoms with Gasteiger partial charge in [0.2, 0.25) is 0 Å². The molecule has 0 saturated carbocycles. The van der Waals surface area contributed by atoms with E-state index < -0.39 is 0 Å².